The normalized spacial score (nSPS) is 44.6. The van der Waals surface area contributed by atoms with Gasteiger partial charge in [0.25, 0.3) is 0 Å². The number of esters is 1. The Hall–Kier alpha value is -1.32. The number of allylic oxidation sites excluding steroid dienone is 2. The minimum Gasteiger partial charge on any atom is -0.463 e. The van der Waals surface area contributed by atoms with Gasteiger partial charge in [0.2, 0.25) is 5.91 Å². The van der Waals surface area contributed by atoms with E-state index in [2.05, 4.69) is 32.2 Å². The molecule has 4 aliphatic carbocycles. The zero-order chi connectivity index (χ0) is 21.0. The molecule has 29 heavy (non-hydrogen) atoms. The summed E-state index contributed by atoms with van der Waals surface area (Å²) in [7, 11) is 1.77. The Morgan fingerprint density at radius 2 is 1.79 bits per heavy atom. The molecule has 1 amide bonds. The molecule has 162 valence electrons. The van der Waals surface area contributed by atoms with E-state index in [9.17, 15) is 9.59 Å². The lowest BCUT2D eigenvalue weighted by atomic mass is 9.47. The van der Waals surface area contributed by atoms with Crippen LogP contribution in [0.5, 0.6) is 0 Å². The Balaban J connectivity index is 1.56. The molecule has 4 heteroatoms. The van der Waals surface area contributed by atoms with Crippen molar-refractivity contribution in [2.45, 2.75) is 85.2 Å². The van der Waals surface area contributed by atoms with Crippen LogP contribution in [0.2, 0.25) is 0 Å². The molecule has 0 aromatic rings. The molecule has 1 N–H and O–H groups in total. The molecule has 0 saturated heterocycles. The topological polar surface area (TPSA) is 55.4 Å². The molecule has 3 fully saturated rings. The number of fused-ring (bicyclic) bond motifs is 5. The van der Waals surface area contributed by atoms with Crippen LogP contribution in [0.3, 0.4) is 0 Å². The van der Waals surface area contributed by atoms with Crippen LogP contribution in [0.15, 0.2) is 11.6 Å². The second kappa shape index (κ2) is 7.42. The van der Waals surface area contributed by atoms with E-state index < -0.39 is 0 Å². The molecule has 0 bridgehead atoms. The first-order chi connectivity index (χ1) is 13.7. The van der Waals surface area contributed by atoms with Gasteiger partial charge in [0.1, 0.15) is 6.10 Å². The first-order valence-corrected chi connectivity index (χ1v) is 11.8. The van der Waals surface area contributed by atoms with Gasteiger partial charge in [-0.15, -0.1) is 0 Å². The van der Waals surface area contributed by atoms with Crippen LogP contribution in [0.4, 0.5) is 0 Å². The molecular formula is C25H39NO3. The summed E-state index contributed by atoms with van der Waals surface area (Å²) in [6.45, 7) is 8.65. The molecule has 4 nitrogen and oxygen atoms in total. The Bertz CT molecular complexity index is 715. The number of ether oxygens (including phenoxy) is 1. The largest absolute Gasteiger partial charge is 0.463 e. The third-order valence-electron chi connectivity index (χ3n) is 9.70. The van der Waals surface area contributed by atoms with Crippen molar-refractivity contribution in [2.24, 2.45) is 40.4 Å². The van der Waals surface area contributed by atoms with Crippen LogP contribution >= 0.6 is 0 Å². The van der Waals surface area contributed by atoms with E-state index >= 15 is 0 Å². The number of carbonyl (C=O) groups excluding carboxylic acids is 2. The summed E-state index contributed by atoms with van der Waals surface area (Å²) < 4.78 is 5.58. The SMILES string of the molecule is CNC(=O)[C@@H](C)[C@H]1CC[C@H]2C3=CC[C@H]4C[C@@H](OC(C)=O)CC[C@]4(C)[C@H]3CC[C@]12C. The summed E-state index contributed by atoms with van der Waals surface area (Å²) in [5.41, 5.74) is 2.31. The summed E-state index contributed by atoms with van der Waals surface area (Å²) >= 11 is 0. The number of amides is 1. The van der Waals surface area contributed by atoms with Crippen molar-refractivity contribution in [1.29, 1.82) is 0 Å². The van der Waals surface area contributed by atoms with E-state index in [-0.39, 0.29) is 29.3 Å². The van der Waals surface area contributed by atoms with Crippen LogP contribution in [0.1, 0.15) is 79.1 Å². The van der Waals surface area contributed by atoms with Gasteiger partial charge in [0.05, 0.1) is 0 Å². The summed E-state index contributed by atoms with van der Waals surface area (Å²) in [5, 5.41) is 2.88. The molecule has 0 radical (unpaired) electrons. The lowest BCUT2D eigenvalue weighted by Gasteiger charge is -2.57. The molecule has 0 unspecified atom stereocenters. The van der Waals surface area contributed by atoms with Crippen LogP contribution < -0.4 is 5.32 Å². The standard InChI is InChI=1S/C25H39NO3/c1-15(23(28)26-5)20-8-9-21-19-7-6-17-14-18(29-16(2)27)10-12-24(17,3)22(19)11-13-25(20,21)4/h7,15,17-18,20-22H,6,8-14H2,1-5H3,(H,26,28)/t15-,17-,18-,20+,21-,22-,24-,25+/m0/s1. The summed E-state index contributed by atoms with van der Waals surface area (Å²) in [6, 6.07) is 0. The summed E-state index contributed by atoms with van der Waals surface area (Å²) in [6.07, 6.45) is 11.9. The van der Waals surface area contributed by atoms with E-state index in [1.165, 1.54) is 39.0 Å². The predicted octanol–water partition coefficient (Wildman–Crippen LogP) is 4.88. The van der Waals surface area contributed by atoms with Crippen molar-refractivity contribution in [1.82, 2.24) is 5.32 Å². The molecule has 0 aromatic carbocycles. The minimum atomic E-state index is -0.138. The lowest BCUT2D eigenvalue weighted by Crippen LogP contribution is -2.50. The molecular weight excluding hydrogens is 362 g/mol. The number of carbonyl (C=O) groups is 2. The summed E-state index contributed by atoms with van der Waals surface area (Å²) in [4.78, 5) is 23.8. The molecule has 0 heterocycles. The van der Waals surface area contributed by atoms with Crippen LogP contribution in [0, 0.1) is 40.4 Å². The van der Waals surface area contributed by atoms with Gasteiger partial charge in [-0.3, -0.25) is 9.59 Å². The highest BCUT2D eigenvalue weighted by Crippen LogP contribution is 2.66. The van der Waals surface area contributed by atoms with Gasteiger partial charge in [0, 0.05) is 19.9 Å². The highest BCUT2D eigenvalue weighted by molar-refractivity contribution is 5.78. The van der Waals surface area contributed by atoms with Crippen molar-refractivity contribution in [3.63, 3.8) is 0 Å². The van der Waals surface area contributed by atoms with E-state index in [4.69, 9.17) is 4.74 Å². The monoisotopic (exact) mass is 401 g/mol. The third kappa shape index (κ3) is 3.25. The van der Waals surface area contributed by atoms with Crippen molar-refractivity contribution >= 4 is 11.9 Å². The smallest absolute Gasteiger partial charge is 0.302 e. The fourth-order valence-electron chi connectivity index (χ4n) is 8.09. The zero-order valence-corrected chi connectivity index (χ0v) is 18.9. The Labute approximate surface area is 176 Å². The van der Waals surface area contributed by atoms with Crippen molar-refractivity contribution in [3.05, 3.63) is 11.6 Å². The van der Waals surface area contributed by atoms with E-state index in [0.29, 0.717) is 29.1 Å². The van der Waals surface area contributed by atoms with Crippen LogP contribution in [-0.4, -0.2) is 25.0 Å². The van der Waals surface area contributed by atoms with E-state index in [1.54, 1.807) is 12.6 Å². The lowest BCUT2D eigenvalue weighted by molar-refractivity contribution is -0.152. The molecule has 0 aromatic heterocycles. The molecule has 8 atom stereocenters. The average molecular weight is 402 g/mol. The number of hydrogen-bond acceptors (Lipinski definition) is 3. The number of nitrogens with one attached hydrogen (secondary N) is 1. The van der Waals surface area contributed by atoms with Crippen LogP contribution in [-0.2, 0) is 14.3 Å². The van der Waals surface area contributed by atoms with Crippen molar-refractivity contribution < 1.29 is 14.3 Å². The molecule has 3 saturated carbocycles. The molecule has 4 rings (SSSR count). The Kier molecular flexibility index (Phi) is 5.36. The Morgan fingerprint density at radius 1 is 1.10 bits per heavy atom. The Morgan fingerprint density at radius 3 is 2.48 bits per heavy atom. The van der Waals surface area contributed by atoms with Crippen molar-refractivity contribution in [3.8, 4) is 0 Å². The van der Waals surface area contributed by atoms with E-state index in [1.807, 2.05) is 0 Å². The van der Waals surface area contributed by atoms with Gasteiger partial charge < -0.3 is 10.1 Å². The van der Waals surface area contributed by atoms with Gasteiger partial charge in [-0.05, 0) is 85.9 Å². The second-order valence-electron chi connectivity index (χ2n) is 10.9. The molecule has 0 aliphatic heterocycles. The predicted molar refractivity (Wildman–Crippen MR) is 114 cm³/mol. The van der Waals surface area contributed by atoms with Gasteiger partial charge in [-0.2, -0.15) is 0 Å². The zero-order valence-electron chi connectivity index (χ0n) is 18.9. The van der Waals surface area contributed by atoms with Gasteiger partial charge in [-0.25, -0.2) is 0 Å². The highest BCUT2D eigenvalue weighted by Gasteiger charge is 2.58. The molecule has 0 spiro atoms. The number of hydrogen-bond donors (Lipinski definition) is 1. The van der Waals surface area contributed by atoms with Crippen molar-refractivity contribution in [2.75, 3.05) is 7.05 Å². The summed E-state index contributed by atoms with van der Waals surface area (Å²) in [5.74, 6) is 2.58. The highest BCUT2D eigenvalue weighted by atomic mass is 16.5. The maximum atomic E-state index is 12.4. The quantitative estimate of drug-likeness (QED) is 0.542. The molecule has 4 aliphatic rings. The van der Waals surface area contributed by atoms with Crippen LogP contribution in [0.25, 0.3) is 0 Å². The van der Waals surface area contributed by atoms with E-state index in [0.717, 1.165) is 19.3 Å². The van der Waals surface area contributed by atoms with Gasteiger partial charge >= 0.3 is 5.97 Å². The minimum absolute atomic E-state index is 0.0956. The first-order valence-electron chi connectivity index (χ1n) is 11.8. The average Bonchev–Trinajstić information content (AvgIpc) is 3.03. The number of rotatable bonds is 3. The first kappa shape index (κ1) is 20.9. The maximum absolute atomic E-state index is 12.4. The third-order valence-corrected chi connectivity index (χ3v) is 9.70. The second-order valence-corrected chi connectivity index (χ2v) is 10.9. The fraction of sp³-hybridized carbons (Fsp3) is 0.840. The van der Waals surface area contributed by atoms with Gasteiger partial charge in [0.15, 0.2) is 0 Å². The van der Waals surface area contributed by atoms with Gasteiger partial charge in [-0.1, -0.05) is 32.4 Å². The fourth-order valence-corrected chi connectivity index (χ4v) is 8.09. The maximum Gasteiger partial charge on any atom is 0.302 e.